The van der Waals surface area contributed by atoms with Crippen LogP contribution in [-0.2, 0) is 20.1 Å². The minimum Gasteiger partial charge on any atom is -0.307 e. The molecule has 0 spiro atoms. The van der Waals surface area contributed by atoms with Gasteiger partial charge in [0.15, 0.2) is 0 Å². The first-order chi connectivity index (χ1) is 14.7. The molecule has 0 bridgehead atoms. The number of imidazole rings is 1. The lowest BCUT2D eigenvalue weighted by molar-refractivity contribution is 0.443. The molecule has 3 aromatic heterocycles. The first kappa shape index (κ1) is 19.5. The van der Waals surface area contributed by atoms with Gasteiger partial charge in [-0.25, -0.2) is 9.50 Å². The van der Waals surface area contributed by atoms with E-state index in [0.29, 0.717) is 6.54 Å². The molecule has 0 unspecified atom stereocenters. The zero-order chi connectivity index (χ0) is 20.5. The van der Waals surface area contributed by atoms with Crippen LogP contribution in [0.15, 0.2) is 36.7 Å². The average Bonchev–Trinajstić information content (AvgIpc) is 3.41. The number of aryl methyl sites for hydroxylation is 2. The number of nitrogens with zero attached hydrogens (tertiary/aromatic N) is 5. The molecular weight excluding hydrogens is 392 g/mol. The van der Waals surface area contributed by atoms with Gasteiger partial charge in [0.05, 0.1) is 17.6 Å². The lowest BCUT2D eigenvalue weighted by Crippen LogP contribution is -2.13. The van der Waals surface area contributed by atoms with Crippen molar-refractivity contribution in [3.63, 3.8) is 0 Å². The Bertz CT molecular complexity index is 1100. The summed E-state index contributed by atoms with van der Waals surface area (Å²) in [6, 6.07) is 9.11. The fraction of sp³-hybridized carbons (Fsp3) is 0.435. The van der Waals surface area contributed by atoms with Crippen molar-refractivity contribution in [3.8, 4) is 11.3 Å². The van der Waals surface area contributed by atoms with Crippen molar-refractivity contribution in [2.75, 3.05) is 0 Å². The molecule has 0 saturated heterocycles. The predicted molar refractivity (Wildman–Crippen MR) is 121 cm³/mol. The Morgan fingerprint density at radius 1 is 1.03 bits per heavy atom. The second-order valence-corrected chi connectivity index (χ2v) is 9.48. The normalized spacial score (nSPS) is 15.3. The predicted octanol–water partition coefficient (Wildman–Crippen LogP) is 4.84. The summed E-state index contributed by atoms with van der Waals surface area (Å²) in [6.45, 7) is 3.47. The summed E-state index contributed by atoms with van der Waals surface area (Å²) in [4.78, 5) is 5.59. The number of nitrogens with one attached hydrogen (secondary N) is 1. The molecule has 1 aliphatic rings. The third-order valence-corrected chi connectivity index (χ3v) is 6.82. The van der Waals surface area contributed by atoms with Gasteiger partial charge in [0, 0.05) is 37.5 Å². The van der Waals surface area contributed by atoms with E-state index in [-0.39, 0.29) is 0 Å². The van der Waals surface area contributed by atoms with E-state index < -0.39 is 0 Å². The van der Waals surface area contributed by atoms with Gasteiger partial charge in [-0.2, -0.15) is 10.2 Å². The van der Waals surface area contributed by atoms with E-state index in [1.807, 2.05) is 29.4 Å². The highest BCUT2D eigenvalue weighted by Crippen LogP contribution is 2.33. The van der Waals surface area contributed by atoms with E-state index in [1.54, 1.807) is 11.3 Å². The largest absolute Gasteiger partial charge is 0.307 e. The van der Waals surface area contributed by atoms with Gasteiger partial charge in [0.1, 0.15) is 5.01 Å². The quantitative estimate of drug-likeness (QED) is 0.485. The third-order valence-electron chi connectivity index (χ3n) is 5.98. The van der Waals surface area contributed by atoms with Crippen molar-refractivity contribution in [1.82, 2.24) is 29.7 Å². The smallest absolute Gasteiger partial charge is 0.212 e. The molecule has 1 aromatic carbocycles. The first-order valence-electron chi connectivity index (χ1n) is 10.8. The van der Waals surface area contributed by atoms with Crippen molar-refractivity contribution in [2.24, 2.45) is 7.05 Å². The Hall–Kier alpha value is -2.51. The molecular formula is C23H28N6S. The van der Waals surface area contributed by atoms with Crippen LogP contribution in [0.25, 0.3) is 16.2 Å². The molecule has 0 aliphatic heterocycles. The molecule has 1 fully saturated rings. The number of rotatable bonds is 6. The maximum absolute atomic E-state index is 4.73. The fourth-order valence-electron chi connectivity index (χ4n) is 4.51. The highest BCUT2D eigenvalue weighted by atomic mass is 32.1. The van der Waals surface area contributed by atoms with Crippen LogP contribution in [0.3, 0.4) is 0 Å². The van der Waals surface area contributed by atoms with E-state index in [1.165, 1.54) is 48.8 Å². The second kappa shape index (κ2) is 8.32. The van der Waals surface area contributed by atoms with Crippen LogP contribution < -0.4 is 5.32 Å². The van der Waals surface area contributed by atoms with E-state index in [4.69, 9.17) is 5.10 Å². The van der Waals surface area contributed by atoms with Crippen molar-refractivity contribution in [3.05, 3.63) is 58.5 Å². The molecule has 0 radical (unpaired) electrons. The Kier molecular flexibility index (Phi) is 5.39. The van der Waals surface area contributed by atoms with Gasteiger partial charge in [0.2, 0.25) is 4.96 Å². The molecule has 5 rings (SSSR count). The van der Waals surface area contributed by atoms with Crippen LogP contribution in [0.5, 0.6) is 0 Å². The standard InChI is InChI=1S/C23H28N6S/c1-16-26-29-15-21(25-23(29)30-16)13-24-12-20-14-28(2)27-22(20)19-10-8-18(9-11-19)17-6-4-3-5-7-17/h8-11,14-15,17,24H,3-7,12-13H2,1-2H3. The monoisotopic (exact) mass is 420 g/mol. The Labute approximate surface area is 181 Å². The van der Waals surface area contributed by atoms with Crippen molar-refractivity contribution >= 4 is 16.3 Å². The molecule has 0 amide bonds. The lowest BCUT2D eigenvalue weighted by atomic mass is 9.84. The molecule has 7 heteroatoms. The summed E-state index contributed by atoms with van der Waals surface area (Å²) in [5.74, 6) is 0.737. The number of benzene rings is 1. The zero-order valence-corrected chi connectivity index (χ0v) is 18.5. The molecule has 1 saturated carbocycles. The fourth-order valence-corrected chi connectivity index (χ4v) is 5.26. The van der Waals surface area contributed by atoms with Crippen LogP contribution in [0.1, 0.15) is 59.9 Å². The summed E-state index contributed by atoms with van der Waals surface area (Å²) < 4.78 is 3.76. The second-order valence-electron chi connectivity index (χ2n) is 8.32. The van der Waals surface area contributed by atoms with Gasteiger partial charge in [-0.15, -0.1) is 0 Å². The van der Waals surface area contributed by atoms with E-state index >= 15 is 0 Å². The number of fused-ring (bicyclic) bond motifs is 1. The Balaban J connectivity index is 1.27. The van der Waals surface area contributed by atoms with Crippen LogP contribution in [0.4, 0.5) is 0 Å². The molecule has 1 N–H and O–H groups in total. The minimum absolute atomic E-state index is 0.712. The minimum atomic E-state index is 0.712. The van der Waals surface area contributed by atoms with Crippen LogP contribution in [0, 0.1) is 6.92 Å². The molecule has 3 heterocycles. The van der Waals surface area contributed by atoms with Gasteiger partial charge in [-0.05, 0) is 31.2 Å². The summed E-state index contributed by atoms with van der Waals surface area (Å²) in [5.41, 5.74) is 5.95. The van der Waals surface area contributed by atoms with Gasteiger partial charge < -0.3 is 5.32 Å². The maximum atomic E-state index is 4.73. The van der Waals surface area contributed by atoms with Gasteiger partial charge >= 0.3 is 0 Å². The molecule has 156 valence electrons. The Morgan fingerprint density at radius 2 is 1.83 bits per heavy atom. The average molecular weight is 421 g/mol. The Morgan fingerprint density at radius 3 is 2.60 bits per heavy atom. The maximum Gasteiger partial charge on any atom is 0.212 e. The molecule has 1 aliphatic carbocycles. The van der Waals surface area contributed by atoms with Crippen molar-refractivity contribution in [2.45, 2.75) is 58.0 Å². The first-order valence-corrected chi connectivity index (χ1v) is 11.6. The summed E-state index contributed by atoms with van der Waals surface area (Å²) >= 11 is 1.62. The number of hydrogen-bond donors (Lipinski definition) is 1. The number of aromatic nitrogens is 5. The highest BCUT2D eigenvalue weighted by molar-refractivity contribution is 7.16. The summed E-state index contributed by atoms with van der Waals surface area (Å²) in [5, 5.41) is 13.7. The van der Waals surface area contributed by atoms with Gasteiger partial charge in [0.25, 0.3) is 0 Å². The van der Waals surface area contributed by atoms with Crippen LogP contribution in [0.2, 0.25) is 0 Å². The van der Waals surface area contributed by atoms with Gasteiger partial charge in [-0.3, -0.25) is 4.68 Å². The van der Waals surface area contributed by atoms with Crippen molar-refractivity contribution in [1.29, 1.82) is 0 Å². The molecule has 30 heavy (non-hydrogen) atoms. The van der Waals surface area contributed by atoms with E-state index in [2.05, 4.69) is 45.9 Å². The van der Waals surface area contributed by atoms with Gasteiger partial charge in [-0.1, -0.05) is 54.9 Å². The van der Waals surface area contributed by atoms with Crippen molar-refractivity contribution < 1.29 is 0 Å². The van der Waals surface area contributed by atoms with E-state index in [9.17, 15) is 0 Å². The van der Waals surface area contributed by atoms with Crippen LogP contribution >= 0.6 is 11.3 Å². The zero-order valence-electron chi connectivity index (χ0n) is 17.6. The highest BCUT2D eigenvalue weighted by Gasteiger charge is 2.16. The lowest BCUT2D eigenvalue weighted by Gasteiger charge is -2.22. The molecule has 0 atom stereocenters. The number of hydrogen-bond acceptors (Lipinski definition) is 5. The molecule has 4 aromatic rings. The topological polar surface area (TPSA) is 60.0 Å². The van der Waals surface area contributed by atoms with Crippen LogP contribution in [-0.4, -0.2) is 24.4 Å². The summed E-state index contributed by atoms with van der Waals surface area (Å²) in [6.07, 6.45) is 10.9. The SMILES string of the molecule is Cc1nn2cc(CNCc3cn(C)nc3-c3ccc(C4CCCCC4)cc3)nc2s1. The van der Waals surface area contributed by atoms with E-state index in [0.717, 1.165) is 33.8 Å². The molecule has 6 nitrogen and oxygen atoms in total. The summed E-state index contributed by atoms with van der Waals surface area (Å²) in [7, 11) is 1.99. The third kappa shape index (κ3) is 4.04.